The van der Waals surface area contributed by atoms with Crippen molar-refractivity contribution in [3.05, 3.63) is 30.7 Å². The van der Waals surface area contributed by atoms with Gasteiger partial charge in [-0.15, -0.1) is 10.2 Å². The maximum atomic E-state index is 11.3. The fourth-order valence-corrected chi connectivity index (χ4v) is 1.25. The van der Waals surface area contributed by atoms with Crippen LogP contribution in [-0.4, -0.2) is 22.1 Å². The number of rotatable bonds is 3. The fourth-order valence-electron chi connectivity index (χ4n) is 1.25. The zero-order valence-corrected chi connectivity index (χ0v) is 9.25. The van der Waals surface area contributed by atoms with Crippen LogP contribution in [0, 0.1) is 0 Å². The molecule has 1 aromatic heterocycles. The van der Waals surface area contributed by atoms with E-state index in [1.54, 1.807) is 31.2 Å². The van der Waals surface area contributed by atoms with Gasteiger partial charge in [0.15, 0.2) is 0 Å². The number of carbonyl (C=O) groups is 1. The number of hydrogen-bond acceptors (Lipinski definition) is 5. The number of benzene rings is 1. The number of hydrogen-bond donors (Lipinski definition) is 2. The van der Waals surface area contributed by atoms with Gasteiger partial charge in [0.2, 0.25) is 18.2 Å². The summed E-state index contributed by atoms with van der Waals surface area (Å²) in [5.41, 5.74) is 6.91. The van der Waals surface area contributed by atoms with Crippen LogP contribution in [0.15, 0.2) is 35.1 Å². The highest BCUT2D eigenvalue weighted by Gasteiger charge is 2.08. The average molecular weight is 232 g/mol. The van der Waals surface area contributed by atoms with E-state index in [0.29, 0.717) is 11.6 Å². The van der Waals surface area contributed by atoms with E-state index in [9.17, 15) is 4.79 Å². The molecule has 88 valence electrons. The molecule has 0 fully saturated rings. The van der Waals surface area contributed by atoms with Crippen molar-refractivity contribution in [2.75, 3.05) is 5.32 Å². The van der Waals surface area contributed by atoms with Crippen LogP contribution in [0.5, 0.6) is 0 Å². The Balaban J connectivity index is 2.11. The second-order valence-electron chi connectivity index (χ2n) is 3.60. The Kier molecular flexibility index (Phi) is 3.15. The molecule has 2 aromatic rings. The van der Waals surface area contributed by atoms with Gasteiger partial charge in [-0.1, -0.05) is 0 Å². The maximum absolute atomic E-state index is 11.3. The SMILES string of the molecule is CC(N)C(=O)Nc1ccc(-c2nnco2)cc1. The lowest BCUT2D eigenvalue weighted by molar-refractivity contribution is -0.117. The van der Waals surface area contributed by atoms with Crippen LogP contribution in [0.3, 0.4) is 0 Å². The topological polar surface area (TPSA) is 94.0 Å². The van der Waals surface area contributed by atoms with Gasteiger partial charge in [0.1, 0.15) is 0 Å². The van der Waals surface area contributed by atoms with Crippen LogP contribution in [0.4, 0.5) is 5.69 Å². The summed E-state index contributed by atoms with van der Waals surface area (Å²) in [6.07, 6.45) is 1.27. The molecule has 17 heavy (non-hydrogen) atoms. The highest BCUT2D eigenvalue weighted by molar-refractivity contribution is 5.94. The first-order valence-corrected chi connectivity index (χ1v) is 5.10. The Hall–Kier alpha value is -2.21. The molecule has 0 aliphatic heterocycles. The van der Waals surface area contributed by atoms with Crippen molar-refractivity contribution in [2.45, 2.75) is 13.0 Å². The summed E-state index contributed by atoms with van der Waals surface area (Å²) in [6.45, 7) is 1.63. The van der Waals surface area contributed by atoms with Crippen molar-refractivity contribution in [1.29, 1.82) is 0 Å². The van der Waals surface area contributed by atoms with E-state index < -0.39 is 6.04 Å². The minimum atomic E-state index is -0.536. The highest BCUT2D eigenvalue weighted by Crippen LogP contribution is 2.18. The van der Waals surface area contributed by atoms with Gasteiger partial charge in [-0.3, -0.25) is 4.79 Å². The summed E-state index contributed by atoms with van der Waals surface area (Å²) in [5, 5.41) is 10.1. The van der Waals surface area contributed by atoms with E-state index in [1.807, 2.05) is 0 Å². The Morgan fingerprint density at radius 3 is 2.65 bits per heavy atom. The minimum Gasteiger partial charge on any atom is -0.423 e. The number of amides is 1. The number of anilines is 1. The summed E-state index contributed by atoms with van der Waals surface area (Å²) in [5.74, 6) is 0.214. The normalized spacial score (nSPS) is 12.1. The highest BCUT2D eigenvalue weighted by atomic mass is 16.4. The third-order valence-electron chi connectivity index (χ3n) is 2.17. The maximum Gasteiger partial charge on any atom is 0.247 e. The summed E-state index contributed by atoms with van der Waals surface area (Å²) >= 11 is 0. The van der Waals surface area contributed by atoms with Crippen molar-refractivity contribution < 1.29 is 9.21 Å². The molecule has 0 aliphatic rings. The molecule has 6 nitrogen and oxygen atoms in total. The smallest absolute Gasteiger partial charge is 0.247 e. The summed E-state index contributed by atoms with van der Waals surface area (Å²) in [6, 6.07) is 6.53. The Bertz CT molecular complexity index is 491. The van der Waals surface area contributed by atoms with Crippen LogP contribution in [0.2, 0.25) is 0 Å². The third-order valence-corrected chi connectivity index (χ3v) is 2.17. The lowest BCUT2D eigenvalue weighted by Crippen LogP contribution is -2.32. The van der Waals surface area contributed by atoms with E-state index in [-0.39, 0.29) is 5.91 Å². The number of aromatic nitrogens is 2. The van der Waals surface area contributed by atoms with Gasteiger partial charge in [0.05, 0.1) is 6.04 Å². The predicted octanol–water partition coefficient (Wildman–Crippen LogP) is 1.02. The summed E-state index contributed by atoms with van der Waals surface area (Å²) in [4.78, 5) is 11.3. The van der Waals surface area contributed by atoms with Crippen molar-refractivity contribution in [1.82, 2.24) is 10.2 Å². The van der Waals surface area contributed by atoms with Crippen LogP contribution < -0.4 is 11.1 Å². The number of nitrogens with two attached hydrogens (primary N) is 1. The van der Waals surface area contributed by atoms with Crippen LogP contribution >= 0.6 is 0 Å². The third kappa shape index (κ3) is 2.67. The monoisotopic (exact) mass is 232 g/mol. The number of nitrogens with one attached hydrogen (secondary N) is 1. The van der Waals surface area contributed by atoms with Crippen molar-refractivity contribution in [2.24, 2.45) is 5.73 Å². The zero-order valence-electron chi connectivity index (χ0n) is 9.25. The lowest BCUT2D eigenvalue weighted by Gasteiger charge is -2.07. The number of nitrogens with zero attached hydrogens (tertiary/aromatic N) is 2. The lowest BCUT2D eigenvalue weighted by atomic mass is 10.2. The quantitative estimate of drug-likeness (QED) is 0.824. The standard InChI is InChI=1S/C11H12N4O2/c1-7(12)10(16)14-9-4-2-8(3-5-9)11-15-13-6-17-11/h2-7H,12H2,1H3,(H,14,16). The van der Waals surface area contributed by atoms with E-state index in [4.69, 9.17) is 10.2 Å². The van der Waals surface area contributed by atoms with Gasteiger partial charge in [0.25, 0.3) is 0 Å². The van der Waals surface area contributed by atoms with E-state index in [2.05, 4.69) is 15.5 Å². The molecule has 3 N–H and O–H groups in total. The van der Waals surface area contributed by atoms with Gasteiger partial charge >= 0.3 is 0 Å². The van der Waals surface area contributed by atoms with Crippen molar-refractivity contribution in [3.8, 4) is 11.5 Å². The van der Waals surface area contributed by atoms with Crippen LogP contribution in [0.1, 0.15) is 6.92 Å². The predicted molar refractivity (Wildman–Crippen MR) is 62.0 cm³/mol. The van der Waals surface area contributed by atoms with Crippen molar-refractivity contribution >= 4 is 11.6 Å². The summed E-state index contributed by atoms with van der Waals surface area (Å²) in [7, 11) is 0. The van der Waals surface area contributed by atoms with Crippen molar-refractivity contribution in [3.63, 3.8) is 0 Å². The zero-order chi connectivity index (χ0) is 12.3. The van der Waals surface area contributed by atoms with Gasteiger partial charge < -0.3 is 15.5 Å². The molecular weight excluding hydrogens is 220 g/mol. The molecule has 1 heterocycles. The molecule has 1 unspecified atom stereocenters. The molecule has 1 atom stereocenters. The second-order valence-corrected chi connectivity index (χ2v) is 3.60. The Morgan fingerprint density at radius 1 is 1.41 bits per heavy atom. The molecular formula is C11H12N4O2. The van der Waals surface area contributed by atoms with Gasteiger partial charge in [0, 0.05) is 11.3 Å². The molecule has 0 radical (unpaired) electrons. The molecule has 0 spiro atoms. The largest absolute Gasteiger partial charge is 0.423 e. The summed E-state index contributed by atoms with van der Waals surface area (Å²) < 4.78 is 5.05. The molecule has 2 rings (SSSR count). The van der Waals surface area contributed by atoms with E-state index >= 15 is 0 Å². The molecule has 0 aliphatic carbocycles. The molecule has 1 aromatic carbocycles. The first kappa shape index (κ1) is 11.3. The molecule has 0 bridgehead atoms. The van der Waals surface area contributed by atoms with E-state index in [0.717, 1.165) is 5.56 Å². The van der Waals surface area contributed by atoms with Crippen LogP contribution in [0.25, 0.3) is 11.5 Å². The van der Waals surface area contributed by atoms with Gasteiger partial charge in [-0.25, -0.2) is 0 Å². The molecule has 0 saturated heterocycles. The molecule has 6 heteroatoms. The van der Waals surface area contributed by atoms with Gasteiger partial charge in [-0.2, -0.15) is 0 Å². The minimum absolute atomic E-state index is 0.226. The van der Waals surface area contributed by atoms with E-state index in [1.165, 1.54) is 6.39 Å². The fraction of sp³-hybridized carbons (Fsp3) is 0.182. The Morgan fingerprint density at radius 2 is 2.12 bits per heavy atom. The second kappa shape index (κ2) is 4.75. The average Bonchev–Trinajstić information content (AvgIpc) is 2.83. The number of carbonyl (C=O) groups excluding carboxylic acids is 1. The Labute approximate surface area is 97.8 Å². The first-order valence-electron chi connectivity index (χ1n) is 5.10. The van der Waals surface area contributed by atoms with Gasteiger partial charge in [-0.05, 0) is 31.2 Å². The van der Waals surface area contributed by atoms with Crippen LogP contribution in [-0.2, 0) is 4.79 Å². The molecule has 1 amide bonds. The molecule has 0 saturated carbocycles. The first-order chi connectivity index (χ1) is 8.16.